The maximum atomic E-state index is 13.6. The first-order valence-corrected chi connectivity index (χ1v) is 12.3. The number of nitrogens with zero attached hydrogens (tertiary/aromatic N) is 4. The quantitative estimate of drug-likeness (QED) is 0.417. The van der Waals surface area contributed by atoms with Gasteiger partial charge in [0.25, 0.3) is 11.5 Å². The first-order valence-electron chi connectivity index (χ1n) is 12.3. The van der Waals surface area contributed by atoms with Crippen LogP contribution in [0.5, 0.6) is 0 Å². The molecule has 0 radical (unpaired) electrons. The molecule has 1 aliphatic rings. The van der Waals surface area contributed by atoms with Crippen LogP contribution < -0.4 is 5.56 Å². The number of hydrogen-bond donors (Lipinski definition) is 1. The number of amides is 2. The van der Waals surface area contributed by atoms with Crippen LogP contribution in [0.25, 0.3) is 27.4 Å². The fraction of sp³-hybridized carbons (Fsp3) is 0.172. The molecule has 1 N–H and O–H groups in total. The minimum absolute atomic E-state index is 0.0399. The van der Waals surface area contributed by atoms with Gasteiger partial charge in [-0.25, -0.2) is 0 Å². The van der Waals surface area contributed by atoms with Gasteiger partial charge in [0.05, 0.1) is 17.5 Å². The van der Waals surface area contributed by atoms with Crippen molar-refractivity contribution in [3.63, 3.8) is 0 Å². The maximum Gasteiger partial charge on any atom is 0.279 e. The highest BCUT2D eigenvalue weighted by molar-refractivity contribution is 6.05. The van der Waals surface area contributed by atoms with Gasteiger partial charge in [0.15, 0.2) is 5.69 Å². The van der Waals surface area contributed by atoms with Crippen molar-refractivity contribution in [3.05, 3.63) is 107 Å². The second-order valence-corrected chi connectivity index (χ2v) is 9.16. The Hall–Kier alpha value is -4.72. The maximum absolute atomic E-state index is 13.6. The Morgan fingerprint density at radius 1 is 0.757 bits per heavy atom. The van der Waals surface area contributed by atoms with Gasteiger partial charge in [-0.3, -0.25) is 14.4 Å². The molecule has 0 spiro atoms. The number of piperazine rings is 1. The Balaban J connectivity index is 1.22. The van der Waals surface area contributed by atoms with E-state index in [2.05, 4.69) is 10.1 Å². The first-order chi connectivity index (χ1) is 18.1. The summed E-state index contributed by atoms with van der Waals surface area (Å²) in [5.74, 6) is -0.206. The molecule has 6 rings (SSSR count). The van der Waals surface area contributed by atoms with Crippen LogP contribution in [0.1, 0.15) is 16.1 Å². The lowest BCUT2D eigenvalue weighted by atomic mass is 10.1. The van der Waals surface area contributed by atoms with Crippen LogP contribution in [-0.4, -0.2) is 62.6 Å². The summed E-state index contributed by atoms with van der Waals surface area (Å²) in [7, 11) is 0. The lowest BCUT2D eigenvalue weighted by Gasteiger charge is -2.34. The van der Waals surface area contributed by atoms with Gasteiger partial charge in [0.2, 0.25) is 5.91 Å². The molecule has 8 nitrogen and oxygen atoms in total. The fourth-order valence-electron chi connectivity index (χ4n) is 4.95. The van der Waals surface area contributed by atoms with Crippen molar-refractivity contribution in [3.8, 4) is 5.69 Å². The lowest BCUT2D eigenvalue weighted by Crippen LogP contribution is -2.51. The van der Waals surface area contributed by atoms with Crippen LogP contribution in [0, 0.1) is 0 Å². The highest BCUT2D eigenvalue weighted by atomic mass is 16.2. The summed E-state index contributed by atoms with van der Waals surface area (Å²) in [6.07, 6.45) is 2.20. The number of H-pyrrole nitrogens is 1. The predicted molar refractivity (Wildman–Crippen MR) is 142 cm³/mol. The predicted octanol–water partition coefficient (Wildman–Crippen LogP) is 3.39. The number of aromatic nitrogens is 3. The smallest absolute Gasteiger partial charge is 0.279 e. The molecule has 1 saturated heterocycles. The number of nitrogens with one attached hydrogen (secondary N) is 1. The summed E-state index contributed by atoms with van der Waals surface area (Å²) in [4.78, 5) is 46.5. The van der Waals surface area contributed by atoms with E-state index in [1.807, 2.05) is 53.6 Å². The zero-order valence-electron chi connectivity index (χ0n) is 20.1. The van der Waals surface area contributed by atoms with Crippen LogP contribution in [0.15, 0.2) is 89.9 Å². The molecule has 37 heavy (non-hydrogen) atoms. The van der Waals surface area contributed by atoms with Crippen molar-refractivity contribution in [2.24, 2.45) is 0 Å². The van der Waals surface area contributed by atoms with Crippen LogP contribution in [0.2, 0.25) is 0 Å². The van der Waals surface area contributed by atoms with E-state index in [1.165, 1.54) is 4.68 Å². The molecule has 3 heterocycles. The standard InChI is InChI=1S/C29H25N5O3/c35-26(18-20-19-30-25-13-7-6-10-22(20)25)32-14-16-33(17-15-32)29(37)27-23-11-4-5-12-24(23)28(36)34(31-27)21-8-2-1-3-9-21/h1-13,19,30H,14-18H2. The molecule has 3 aromatic carbocycles. The second kappa shape index (κ2) is 9.39. The van der Waals surface area contributed by atoms with Crippen LogP contribution in [0.3, 0.4) is 0 Å². The summed E-state index contributed by atoms with van der Waals surface area (Å²) < 4.78 is 1.29. The van der Waals surface area contributed by atoms with Gasteiger partial charge in [-0.15, -0.1) is 0 Å². The van der Waals surface area contributed by atoms with Gasteiger partial charge in [-0.1, -0.05) is 54.6 Å². The van der Waals surface area contributed by atoms with Gasteiger partial charge in [-0.2, -0.15) is 9.78 Å². The van der Waals surface area contributed by atoms with Crippen LogP contribution in [0.4, 0.5) is 0 Å². The third-order valence-corrected chi connectivity index (χ3v) is 6.94. The summed E-state index contributed by atoms with van der Waals surface area (Å²) >= 11 is 0. The number of hydrogen-bond acceptors (Lipinski definition) is 4. The Labute approximate surface area is 212 Å². The third kappa shape index (κ3) is 4.16. The summed E-state index contributed by atoms with van der Waals surface area (Å²) in [5, 5.41) is 6.53. The highest BCUT2D eigenvalue weighted by Crippen LogP contribution is 2.20. The SMILES string of the molecule is O=C(Cc1c[nH]c2ccccc12)N1CCN(C(=O)c2nn(-c3ccccc3)c(=O)c3ccccc23)CC1. The number of fused-ring (bicyclic) bond motifs is 2. The second-order valence-electron chi connectivity index (χ2n) is 9.16. The summed E-state index contributed by atoms with van der Waals surface area (Å²) in [6.45, 7) is 1.70. The van der Waals surface area contributed by atoms with E-state index in [0.717, 1.165) is 16.5 Å². The molecule has 1 fully saturated rings. The number of benzene rings is 3. The number of carbonyl (C=O) groups is 2. The Kier molecular flexibility index (Phi) is 5.76. The number of rotatable bonds is 4. The van der Waals surface area contributed by atoms with Crippen LogP contribution in [-0.2, 0) is 11.2 Å². The lowest BCUT2D eigenvalue weighted by molar-refractivity contribution is -0.131. The Morgan fingerprint density at radius 3 is 2.14 bits per heavy atom. The van der Waals surface area contributed by atoms with E-state index in [-0.39, 0.29) is 23.1 Å². The van der Waals surface area contributed by atoms with E-state index < -0.39 is 0 Å². The monoisotopic (exact) mass is 491 g/mol. The molecule has 1 aliphatic heterocycles. The molecule has 0 bridgehead atoms. The van der Waals surface area contributed by atoms with E-state index in [9.17, 15) is 14.4 Å². The van der Waals surface area contributed by atoms with Crippen molar-refractivity contribution in [1.29, 1.82) is 0 Å². The summed E-state index contributed by atoms with van der Waals surface area (Å²) in [5.41, 5.74) is 2.54. The first kappa shape index (κ1) is 22.7. The molecule has 0 unspecified atom stereocenters. The average molecular weight is 492 g/mol. The molecule has 0 saturated carbocycles. The molecule has 0 atom stereocenters. The van der Waals surface area contributed by atoms with Crippen molar-refractivity contribution < 1.29 is 9.59 Å². The fourth-order valence-corrected chi connectivity index (χ4v) is 4.95. The summed E-state index contributed by atoms with van der Waals surface area (Å²) in [6, 6.07) is 24.1. The number of para-hydroxylation sites is 2. The molecular weight excluding hydrogens is 466 g/mol. The van der Waals surface area contributed by atoms with Crippen molar-refractivity contribution in [1.82, 2.24) is 24.6 Å². The number of aromatic amines is 1. The van der Waals surface area contributed by atoms with E-state index >= 15 is 0 Å². The Bertz CT molecular complexity index is 1680. The molecule has 5 aromatic rings. The zero-order valence-corrected chi connectivity index (χ0v) is 20.1. The van der Waals surface area contributed by atoms with Gasteiger partial charge in [-0.05, 0) is 29.8 Å². The average Bonchev–Trinajstić information content (AvgIpc) is 3.36. The molecule has 184 valence electrons. The largest absolute Gasteiger partial charge is 0.361 e. The number of carbonyl (C=O) groups excluding carboxylic acids is 2. The van der Waals surface area contributed by atoms with E-state index in [4.69, 9.17) is 0 Å². The molecular formula is C29H25N5O3. The van der Waals surface area contributed by atoms with Gasteiger partial charge in [0.1, 0.15) is 0 Å². The van der Waals surface area contributed by atoms with E-state index in [1.54, 1.807) is 41.3 Å². The molecule has 0 aliphatic carbocycles. The minimum Gasteiger partial charge on any atom is -0.361 e. The third-order valence-electron chi connectivity index (χ3n) is 6.94. The van der Waals surface area contributed by atoms with Crippen molar-refractivity contribution >= 4 is 33.5 Å². The molecule has 8 heteroatoms. The zero-order chi connectivity index (χ0) is 25.4. The van der Waals surface area contributed by atoms with Gasteiger partial charge in [0, 0.05) is 48.7 Å². The normalized spacial score (nSPS) is 13.8. The Morgan fingerprint density at radius 2 is 1.38 bits per heavy atom. The topological polar surface area (TPSA) is 91.3 Å². The van der Waals surface area contributed by atoms with Crippen molar-refractivity contribution in [2.75, 3.05) is 26.2 Å². The van der Waals surface area contributed by atoms with Crippen molar-refractivity contribution in [2.45, 2.75) is 6.42 Å². The van der Waals surface area contributed by atoms with Crippen LogP contribution >= 0.6 is 0 Å². The van der Waals surface area contributed by atoms with Gasteiger partial charge >= 0.3 is 0 Å². The molecule has 2 aromatic heterocycles. The van der Waals surface area contributed by atoms with Gasteiger partial charge < -0.3 is 14.8 Å². The minimum atomic E-state index is -0.272. The highest BCUT2D eigenvalue weighted by Gasteiger charge is 2.28. The molecule has 2 amide bonds. The van der Waals surface area contributed by atoms with E-state index in [0.29, 0.717) is 49.1 Å².